The second-order valence-electron chi connectivity index (χ2n) is 5.93. The van der Waals surface area contributed by atoms with Crippen LogP contribution in [0.25, 0.3) is 0 Å². The summed E-state index contributed by atoms with van der Waals surface area (Å²) >= 11 is 6.05. The van der Waals surface area contributed by atoms with Gasteiger partial charge in [-0.2, -0.15) is 0 Å². The molecule has 1 amide bonds. The number of nitrogens with zero attached hydrogens (tertiary/aromatic N) is 2. The number of aromatic nitrogens is 1. The Hall–Kier alpha value is -1.40. The van der Waals surface area contributed by atoms with Gasteiger partial charge in [-0.1, -0.05) is 11.6 Å². The van der Waals surface area contributed by atoms with E-state index in [0.717, 1.165) is 6.20 Å². The number of hydrogen-bond acceptors (Lipinski definition) is 4. The van der Waals surface area contributed by atoms with Gasteiger partial charge in [0, 0.05) is 25.2 Å². The third-order valence-corrected chi connectivity index (χ3v) is 3.38. The number of rotatable bonds is 1. The Labute approximate surface area is 128 Å². The lowest BCUT2D eigenvalue weighted by Gasteiger charge is -2.37. The van der Waals surface area contributed by atoms with Crippen molar-refractivity contribution in [1.29, 1.82) is 0 Å². The zero-order valence-corrected chi connectivity index (χ0v) is 13.1. The first-order valence-electron chi connectivity index (χ1n) is 6.79. The highest BCUT2D eigenvalue weighted by Crippen LogP contribution is 2.29. The highest BCUT2D eigenvalue weighted by atomic mass is 35.5. The van der Waals surface area contributed by atoms with E-state index < -0.39 is 23.6 Å². The topological polar surface area (TPSA) is 54.5 Å². The van der Waals surface area contributed by atoms with E-state index in [9.17, 15) is 9.18 Å². The first-order chi connectivity index (χ1) is 9.78. The smallest absolute Gasteiger partial charge is 0.410 e. The van der Waals surface area contributed by atoms with Gasteiger partial charge >= 0.3 is 6.09 Å². The van der Waals surface area contributed by atoms with Gasteiger partial charge in [0.25, 0.3) is 0 Å². The van der Waals surface area contributed by atoms with Gasteiger partial charge in [0.1, 0.15) is 16.6 Å². The number of piperazine rings is 1. The van der Waals surface area contributed by atoms with E-state index in [1.807, 2.05) is 0 Å². The normalized spacial score (nSPS) is 19.5. The maximum atomic E-state index is 13.4. The molecule has 116 valence electrons. The third kappa shape index (κ3) is 4.04. The molecule has 1 aromatic heterocycles. The van der Waals surface area contributed by atoms with Crippen LogP contribution in [0, 0.1) is 5.82 Å². The van der Waals surface area contributed by atoms with Crippen LogP contribution in [-0.4, -0.2) is 41.2 Å². The molecule has 0 radical (unpaired) electrons. The van der Waals surface area contributed by atoms with Gasteiger partial charge in [0.2, 0.25) is 0 Å². The molecule has 2 rings (SSSR count). The van der Waals surface area contributed by atoms with Gasteiger partial charge in [-0.15, -0.1) is 0 Å². The van der Waals surface area contributed by atoms with Crippen molar-refractivity contribution in [3.8, 4) is 0 Å². The van der Waals surface area contributed by atoms with Crippen LogP contribution < -0.4 is 5.32 Å². The minimum absolute atomic E-state index is 0.193. The van der Waals surface area contributed by atoms with Crippen LogP contribution in [0.15, 0.2) is 12.3 Å². The largest absolute Gasteiger partial charge is 0.444 e. The Morgan fingerprint density at radius 1 is 1.57 bits per heavy atom. The summed E-state index contributed by atoms with van der Waals surface area (Å²) in [5.41, 5.74) is -0.106. The highest BCUT2D eigenvalue weighted by Gasteiger charge is 2.33. The zero-order valence-electron chi connectivity index (χ0n) is 12.3. The Morgan fingerprint density at radius 3 is 2.95 bits per heavy atom. The number of amides is 1. The molecule has 2 heterocycles. The Balaban J connectivity index is 2.27. The molecule has 0 bridgehead atoms. The summed E-state index contributed by atoms with van der Waals surface area (Å²) in [6.07, 6.45) is 0.620. The van der Waals surface area contributed by atoms with Gasteiger partial charge < -0.3 is 10.1 Å². The van der Waals surface area contributed by atoms with Gasteiger partial charge in [0.15, 0.2) is 0 Å². The summed E-state index contributed by atoms with van der Waals surface area (Å²) < 4.78 is 18.8. The monoisotopic (exact) mass is 315 g/mol. The predicted molar refractivity (Wildman–Crippen MR) is 77.8 cm³/mol. The Kier molecular flexibility index (Phi) is 4.68. The van der Waals surface area contributed by atoms with E-state index in [0.29, 0.717) is 25.2 Å². The third-order valence-electron chi connectivity index (χ3n) is 3.06. The van der Waals surface area contributed by atoms with Crippen LogP contribution in [0.5, 0.6) is 0 Å². The van der Waals surface area contributed by atoms with E-state index >= 15 is 0 Å². The maximum Gasteiger partial charge on any atom is 0.410 e. The van der Waals surface area contributed by atoms with Crippen molar-refractivity contribution in [1.82, 2.24) is 15.2 Å². The van der Waals surface area contributed by atoms with Crippen LogP contribution >= 0.6 is 11.6 Å². The number of halogens is 2. The van der Waals surface area contributed by atoms with E-state index in [2.05, 4.69) is 10.3 Å². The lowest BCUT2D eigenvalue weighted by molar-refractivity contribution is 0.0117. The maximum absolute atomic E-state index is 13.4. The van der Waals surface area contributed by atoms with Crippen molar-refractivity contribution < 1.29 is 13.9 Å². The SMILES string of the molecule is CC(C)(C)OC(=O)N1CCNCC1c1cc(F)cnc1Cl. The average Bonchev–Trinajstić information content (AvgIpc) is 2.39. The predicted octanol–water partition coefficient (Wildman–Crippen LogP) is 2.76. The number of pyridine rings is 1. The minimum Gasteiger partial charge on any atom is -0.444 e. The molecule has 1 fully saturated rings. The molecule has 0 spiro atoms. The van der Waals surface area contributed by atoms with Crippen LogP contribution in [0.2, 0.25) is 5.15 Å². The fourth-order valence-electron chi connectivity index (χ4n) is 2.19. The van der Waals surface area contributed by atoms with Crippen molar-refractivity contribution in [2.24, 2.45) is 0 Å². The Bertz CT molecular complexity index is 533. The summed E-state index contributed by atoms with van der Waals surface area (Å²) in [5, 5.41) is 3.36. The first kappa shape index (κ1) is 16.0. The molecule has 21 heavy (non-hydrogen) atoms. The lowest BCUT2D eigenvalue weighted by atomic mass is 10.1. The molecule has 1 N–H and O–H groups in total. The minimum atomic E-state index is -0.587. The first-order valence-corrected chi connectivity index (χ1v) is 7.17. The van der Waals surface area contributed by atoms with Crippen LogP contribution in [0.4, 0.5) is 9.18 Å². The summed E-state index contributed by atoms with van der Waals surface area (Å²) in [4.78, 5) is 17.7. The van der Waals surface area contributed by atoms with Gasteiger partial charge in [0.05, 0.1) is 12.2 Å². The highest BCUT2D eigenvalue weighted by molar-refractivity contribution is 6.30. The number of ether oxygens (including phenoxy) is 1. The number of carbonyl (C=O) groups is 1. The molecule has 1 atom stereocenters. The fraction of sp³-hybridized carbons (Fsp3) is 0.571. The molecule has 0 saturated carbocycles. The number of nitrogens with one attached hydrogen (secondary N) is 1. The molecular formula is C14H19ClFN3O2. The quantitative estimate of drug-likeness (QED) is 0.810. The molecule has 1 aliphatic heterocycles. The van der Waals surface area contributed by atoms with Crippen LogP contribution in [0.1, 0.15) is 32.4 Å². The average molecular weight is 316 g/mol. The molecule has 5 nitrogen and oxygen atoms in total. The molecule has 1 saturated heterocycles. The summed E-state index contributed by atoms with van der Waals surface area (Å²) in [6, 6.07) is 0.911. The zero-order chi connectivity index (χ0) is 15.6. The van der Waals surface area contributed by atoms with Crippen molar-refractivity contribution in [3.63, 3.8) is 0 Å². The summed E-state index contributed by atoms with van der Waals surface area (Å²) in [7, 11) is 0. The van der Waals surface area contributed by atoms with Crippen LogP contribution in [-0.2, 0) is 4.74 Å². The van der Waals surface area contributed by atoms with Crippen LogP contribution in [0.3, 0.4) is 0 Å². The van der Waals surface area contributed by atoms with E-state index in [-0.39, 0.29) is 5.15 Å². The van der Waals surface area contributed by atoms with Crippen molar-refractivity contribution >= 4 is 17.7 Å². The molecule has 1 unspecified atom stereocenters. The molecule has 0 aromatic carbocycles. The summed E-state index contributed by atoms with van der Waals surface area (Å²) in [5.74, 6) is -0.482. The second-order valence-corrected chi connectivity index (χ2v) is 6.29. The number of carbonyl (C=O) groups excluding carboxylic acids is 1. The fourth-order valence-corrected chi connectivity index (χ4v) is 2.42. The summed E-state index contributed by atoms with van der Waals surface area (Å²) in [6.45, 7) is 7.00. The Morgan fingerprint density at radius 2 is 2.29 bits per heavy atom. The van der Waals surface area contributed by atoms with Gasteiger partial charge in [-0.3, -0.25) is 4.90 Å². The lowest BCUT2D eigenvalue weighted by Crippen LogP contribution is -2.50. The molecule has 0 aliphatic carbocycles. The van der Waals surface area contributed by atoms with Crippen molar-refractivity contribution in [3.05, 3.63) is 28.8 Å². The van der Waals surface area contributed by atoms with Crippen molar-refractivity contribution in [2.75, 3.05) is 19.6 Å². The van der Waals surface area contributed by atoms with Gasteiger partial charge in [-0.25, -0.2) is 14.2 Å². The number of hydrogen-bond donors (Lipinski definition) is 1. The molecule has 7 heteroatoms. The molecular weight excluding hydrogens is 297 g/mol. The second kappa shape index (κ2) is 6.15. The van der Waals surface area contributed by atoms with Gasteiger partial charge in [-0.05, 0) is 26.8 Å². The van der Waals surface area contributed by atoms with E-state index in [4.69, 9.17) is 16.3 Å². The van der Waals surface area contributed by atoms with E-state index in [1.165, 1.54) is 6.07 Å². The molecule has 1 aromatic rings. The molecule has 1 aliphatic rings. The van der Waals surface area contributed by atoms with Crippen molar-refractivity contribution in [2.45, 2.75) is 32.4 Å². The van der Waals surface area contributed by atoms with E-state index in [1.54, 1.807) is 25.7 Å². The standard InChI is InChI=1S/C14H19ClFN3O2/c1-14(2,3)21-13(20)19-5-4-17-8-11(19)10-6-9(16)7-18-12(10)15/h6-7,11,17H,4-5,8H2,1-3H3.